The standard InChI is InChI=1S/C21H27N3O2/c1-3-17-7-5-6-14-24(17)18-10-13-20(22-15-18)21(25)23-16-8-11-19(12-9-16)26-4-2/h8-13,15,17H,3-7,14H2,1-2H3,(H,23,25). The third-order valence-electron chi connectivity index (χ3n) is 4.83. The SMILES string of the molecule is CCOc1ccc(NC(=O)c2ccc(N3CCCCC3CC)cn2)cc1. The number of piperidine rings is 1. The number of carbonyl (C=O) groups excluding carboxylic acids is 1. The first kappa shape index (κ1) is 18.2. The highest BCUT2D eigenvalue weighted by Gasteiger charge is 2.21. The van der Waals surface area contributed by atoms with E-state index in [2.05, 4.69) is 22.1 Å². The number of hydrogen-bond donors (Lipinski definition) is 1. The summed E-state index contributed by atoms with van der Waals surface area (Å²) in [5.41, 5.74) is 2.26. The second-order valence-corrected chi connectivity index (χ2v) is 6.56. The molecule has 5 heteroatoms. The maximum atomic E-state index is 12.4. The molecule has 1 aliphatic heterocycles. The molecule has 1 aromatic heterocycles. The van der Waals surface area contributed by atoms with Crippen molar-refractivity contribution >= 4 is 17.3 Å². The Labute approximate surface area is 155 Å². The Hall–Kier alpha value is -2.56. The molecule has 1 unspecified atom stereocenters. The molecule has 0 spiro atoms. The van der Waals surface area contributed by atoms with E-state index in [9.17, 15) is 4.79 Å². The van der Waals surface area contributed by atoms with Gasteiger partial charge in [-0.25, -0.2) is 4.98 Å². The van der Waals surface area contributed by atoms with Gasteiger partial charge < -0.3 is 15.0 Å². The molecule has 1 amide bonds. The van der Waals surface area contributed by atoms with E-state index >= 15 is 0 Å². The van der Waals surface area contributed by atoms with Crippen LogP contribution in [0.15, 0.2) is 42.6 Å². The Morgan fingerprint density at radius 1 is 1.19 bits per heavy atom. The molecular formula is C21H27N3O2. The minimum atomic E-state index is -0.202. The summed E-state index contributed by atoms with van der Waals surface area (Å²) in [6.45, 7) is 5.86. The summed E-state index contributed by atoms with van der Waals surface area (Å²) in [5, 5.41) is 2.88. The molecule has 2 heterocycles. The Bertz CT molecular complexity index is 713. The quantitative estimate of drug-likeness (QED) is 0.831. The van der Waals surface area contributed by atoms with Crippen molar-refractivity contribution in [2.24, 2.45) is 0 Å². The first-order valence-corrected chi connectivity index (χ1v) is 9.48. The lowest BCUT2D eigenvalue weighted by Gasteiger charge is -2.37. The number of anilines is 2. The van der Waals surface area contributed by atoms with Crippen LogP contribution in [0.25, 0.3) is 0 Å². The molecule has 2 aromatic rings. The van der Waals surface area contributed by atoms with Crippen molar-refractivity contribution in [1.82, 2.24) is 4.98 Å². The molecule has 1 atom stereocenters. The molecule has 0 aliphatic carbocycles. The molecule has 1 aromatic carbocycles. The second-order valence-electron chi connectivity index (χ2n) is 6.56. The highest BCUT2D eigenvalue weighted by atomic mass is 16.5. The number of amides is 1. The minimum Gasteiger partial charge on any atom is -0.494 e. The van der Waals surface area contributed by atoms with Crippen molar-refractivity contribution in [2.75, 3.05) is 23.4 Å². The molecule has 3 rings (SSSR count). The molecule has 5 nitrogen and oxygen atoms in total. The zero-order valence-electron chi connectivity index (χ0n) is 15.6. The monoisotopic (exact) mass is 353 g/mol. The molecule has 0 radical (unpaired) electrons. The van der Waals surface area contributed by atoms with Gasteiger partial charge >= 0.3 is 0 Å². The number of hydrogen-bond acceptors (Lipinski definition) is 4. The zero-order chi connectivity index (χ0) is 18.4. The van der Waals surface area contributed by atoms with Gasteiger partial charge in [0.15, 0.2) is 0 Å². The lowest BCUT2D eigenvalue weighted by molar-refractivity contribution is 0.102. The molecule has 0 saturated carbocycles. The molecule has 1 fully saturated rings. The second kappa shape index (κ2) is 8.70. The van der Waals surface area contributed by atoms with E-state index in [1.54, 1.807) is 6.07 Å². The minimum absolute atomic E-state index is 0.202. The maximum Gasteiger partial charge on any atom is 0.274 e. The highest BCUT2D eigenvalue weighted by Crippen LogP contribution is 2.26. The van der Waals surface area contributed by atoms with Crippen molar-refractivity contribution in [3.63, 3.8) is 0 Å². The van der Waals surface area contributed by atoms with Crippen LogP contribution >= 0.6 is 0 Å². The van der Waals surface area contributed by atoms with Gasteiger partial charge in [-0.3, -0.25) is 4.79 Å². The van der Waals surface area contributed by atoms with E-state index in [1.807, 2.05) is 43.5 Å². The Morgan fingerprint density at radius 2 is 2.00 bits per heavy atom. The predicted molar refractivity (Wildman–Crippen MR) is 105 cm³/mol. The van der Waals surface area contributed by atoms with Crippen LogP contribution in [0.2, 0.25) is 0 Å². The number of aromatic nitrogens is 1. The van der Waals surface area contributed by atoms with E-state index in [4.69, 9.17) is 4.74 Å². The van der Waals surface area contributed by atoms with E-state index < -0.39 is 0 Å². The summed E-state index contributed by atoms with van der Waals surface area (Å²) < 4.78 is 5.41. The normalized spacial score (nSPS) is 17.0. The van der Waals surface area contributed by atoms with Crippen LogP contribution in [0, 0.1) is 0 Å². The van der Waals surface area contributed by atoms with Crippen molar-refractivity contribution in [2.45, 2.75) is 45.6 Å². The van der Waals surface area contributed by atoms with Crippen LogP contribution in [0.1, 0.15) is 50.0 Å². The number of ether oxygens (including phenoxy) is 1. The Kier molecular flexibility index (Phi) is 6.10. The molecule has 138 valence electrons. The van der Waals surface area contributed by atoms with Crippen molar-refractivity contribution in [1.29, 1.82) is 0 Å². The highest BCUT2D eigenvalue weighted by molar-refractivity contribution is 6.02. The van der Waals surface area contributed by atoms with Gasteiger partial charge in [0.25, 0.3) is 5.91 Å². The summed E-state index contributed by atoms with van der Waals surface area (Å²) in [5.74, 6) is 0.589. The fourth-order valence-corrected chi connectivity index (χ4v) is 3.45. The van der Waals surface area contributed by atoms with Crippen LogP contribution in [-0.4, -0.2) is 30.1 Å². The summed E-state index contributed by atoms with van der Waals surface area (Å²) in [6.07, 6.45) is 6.71. The van der Waals surface area contributed by atoms with Crippen LogP contribution in [0.4, 0.5) is 11.4 Å². The molecule has 1 saturated heterocycles. The van der Waals surface area contributed by atoms with Gasteiger partial charge in [0.1, 0.15) is 11.4 Å². The van der Waals surface area contributed by atoms with Gasteiger partial charge in [-0.2, -0.15) is 0 Å². The van der Waals surface area contributed by atoms with E-state index in [1.165, 1.54) is 19.3 Å². The van der Waals surface area contributed by atoms with Crippen LogP contribution in [0.3, 0.4) is 0 Å². The first-order chi connectivity index (χ1) is 12.7. The van der Waals surface area contributed by atoms with Gasteiger partial charge in [0.05, 0.1) is 18.5 Å². The largest absolute Gasteiger partial charge is 0.494 e. The lowest BCUT2D eigenvalue weighted by atomic mass is 9.99. The number of benzene rings is 1. The van der Waals surface area contributed by atoms with Crippen LogP contribution in [0.5, 0.6) is 5.75 Å². The molecule has 26 heavy (non-hydrogen) atoms. The summed E-state index contributed by atoms with van der Waals surface area (Å²) in [6, 6.07) is 11.7. The number of pyridine rings is 1. The van der Waals surface area contributed by atoms with Crippen LogP contribution in [-0.2, 0) is 0 Å². The van der Waals surface area contributed by atoms with E-state index in [-0.39, 0.29) is 5.91 Å². The number of rotatable bonds is 6. The van der Waals surface area contributed by atoms with Gasteiger partial charge in [-0.1, -0.05) is 6.92 Å². The van der Waals surface area contributed by atoms with Gasteiger partial charge in [-0.15, -0.1) is 0 Å². The first-order valence-electron chi connectivity index (χ1n) is 9.48. The summed E-state index contributed by atoms with van der Waals surface area (Å²) in [4.78, 5) is 19.2. The number of nitrogens with zero attached hydrogens (tertiary/aromatic N) is 2. The molecular weight excluding hydrogens is 326 g/mol. The van der Waals surface area contributed by atoms with Crippen molar-refractivity contribution in [3.05, 3.63) is 48.3 Å². The zero-order valence-corrected chi connectivity index (χ0v) is 15.6. The van der Waals surface area contributed by atoms with E-state index in [0.717, 1.165) is 30.1 Å². The third-order valence-corrected chi connectivity index (χ3v) is 4.83. The van der Waals surface area contributed by atoms with Crippen molar-refractivity contribution < 1.29 is 9.53 Å². The van der Waals surface area contributed by atoms with Crippen molar-refractivity contribution in [3.8, 4) is 5.75 Å². The predicted octanol–water partition coefficient (Wildman–Crippen LogP) is 4.50. The number of carbonyl (C=O) groups is 1. The summed E-state index contributed by atoms with van der Waals surface area (Å²) in [7, 11) is 0. The fourth-order valence-electron chi connectivity index (χ4n) is 3.45. The topological polar surface area (TPSA) is 54.5 Å². The van der Waals surface area contributed by atoms with E-state index in [0.29, 0.717) is 18.3 Å². The lowest BCUT2D eigenvalue weighted by Crippen LogP contribution is -2.39. The number of nitrogens with one attached hydrogen (secondary N) is 1. The van der Waals surface area contributed by atoms with Gasteiger partial charge in [0.2, 0.25) is 0 Å². The molecule has 1 N–H and O–H groups in total. The molecule has 0 bridgehead atoms. The molecule has 1 aliphatic rings. The third kappa shape index (κ3) is 4.34. The van der Waals surface area contributed by atoms with Crippen LogP contribution < -0.4 is 15.0 Å². The van der Waals surface area contributed by atoms with Gasteiger partial charge in [-0.05, 0) is 69.0 Å². The fraction of sp³-hybridized carbons (Fsp3) is 0.429. The summed E-state index contributed by atoms with van der Waals surface area (Å²) >= 11 is 0. The smallest absolute Gasteiger partial charge is 0.274 e. The van der Waals surface area contributed by atoms with Gasteiger partial charge in [0, 0.05) is 18.3 Å². The average molecular weight is 353 g/mol. The Balaban J connectivity index is 1.64. The average Bonchev–Trinajstić information content (AvgIpc) is 2.70. The Morgan fingerprint density at radius 3 is 2.65 bits per heavy atom. The maximum absolute atomic E-state index is 12.4.